The first-order chi connectivity index (χ1) is 11.1. The van der Waals surface area contributed by atoms with Gasteiger partial charge < -0.3 is 15.8 Å². The molecule has 1 fully saturated rings. The first-order valence-corrected chi connectivity index (χ1v) is 7.59. The number of carbonyl (C=O) groups excluding carboxylic acids is 1. The summed E-state index contributed by atoms with van der Waals surface area (Å²) < 4.78 is 6.96. The smallest absolute Gasteiger partial charge is 0.232 e. The van der Waals surface area contributed by atoms with Gasteiger partial charge in [-0.05, 0) is 48.4 Å². The molecule has 0 saturated carbocycles. The van der Waals surface area contributed by atoms with E-state index in [1.165, 1.54) is 0 Å². The second kappa shape index (κ2) is 6.43. The van der Waals surface area contributed by atoms with Crippen molar-refractivity contribution in [1.82, 2.24) is 20.2 Å². The number of anilines is 1. The molecule has 8 nitrogen and oxygen atoms in total. The molecule has 0 unspecified atom stereocenters. The van der Waals surface area contributed by atoms with E-state index in [1.54, 1.807) is 4.68 Å². The van der Waals surface area contributed by atoms with E-state index in [-0.39, 0.29) is 5.91 Å². The van der Waals surface area contributed by atoms with Crippen molar-refractivity contribution in [2.45, 2.75) is 19.8 Å². The van der Waals surface area contributed by atoms with Gasteiger partial charge in [0.1, 0.15) is 0 Å². The number of nitrogens with one attached hydrogen (secondary N) is 1. The maximum atomic E-state index is 12.7. The average molecular weight is 316 g/mol. The van der Waals surface area contributed by atoms with Crippen LogP contribution in [0, 0.1) is 12.3 Å². The van der Waals surface area contributed by atoms with Gasteiger partial charge in [0.15, 0.2) is 5.82 Å². The van der Waals surface area contributed by atoms with Crippen molar-refractivity contribution >= 4 is 11.6 Å². The molecule has 1 aromatic carbocycles. The minimum atomic E-state index is -0.557. The highest BCUT2D eigenvalue weighted by molar-refractivity contribution is 5.95. The molecule has 0 spiro atoms. The van der Waals surface area contributed by atoms with Crippen LogP contribution in [0.25, 0.3) is 5.69 Å². The third-order valence-corrected chi connectivity index (χ3v) is 4.30. The number of nitrogens with zero attached hydrogens (tertiary/aromatic N) is 4. The van der Waals surface area contributed by atoms with Gasteiger partial charge in [-0.3, -0.25) is 4.79 Å². The number of benzene rings is 1. The van der Waals surface area contributed by atoms with Gasteiger partial charge in [0.2, 0.25) is 5.91 Å². The molecule has 3 N–H and O–H groups in total. The molecule has 2 heterocycles. The van der Waals surface area contributed by atoms with Crippen molar-refractivity contribution in [2.24, 2.45) is 11.1 Å². The van der Waals surface area contributed by atoms with E-state index in [0.717, 1.165) is 5.69 Å². The highest BCUT2D eigenvalue weighted by Crippen LogP contribution is 2.31. The van der Waals surface area contributed by atoms with Gasteiger partial charge in [0.25, 0.3) is 0 Å². The van der Waals surface area contributed by atoms with Crippen molar-refractivity contribution in [2.75, 3.05) is 25.1 Å². The van der Waals surface area contributed by atoms with Gasteiger partial charge in [0.05, 0.1) is 11.1 Å². The maximum Gasteiger partial charge on any atom is 0.232 e. The molecule has 1 amide bonds. The van der Waals surface area contributed by atoms with Crippen LogP contribution in [0.5, 0.6) is 0 Å². The zero-order valence-electron chi connectivity index (χ0n) is 13.0. The molecule has 0 bridgehead atoms. The van der Waals surface area contributed by atoms with Crippen molar-refractivity contribution in [3.8, 4) is 5.69 Å². The molecule has 0 aliphatic carbocycles. The molecule has 0 radical (unpaired) electrons. The average Bonchev–Trinajstić information content (AvgIpc) is 3.01. The van der Waals surface area contributed by atoms with Crippen molar-refractivity contribution in [1.29, 1.82) is 0 Å². The number of rotatable bonds is 4. The van der Waals surface area contributed by atoms with Crippen LogP contribution >= 0.6 is 0 Å². The lowest BCUT2D eigenvalue weighted by Crippen LogP contribution is -2.46. The highest BCUT2D eigenvalue weighted by Gasteiger charge is 2.38. The zero-order chi connectivity index (χ0) is 16.3. The predicted molar refractivity (Wildman–Crippen MR) is 84.1 cm³/mol. The summed E-state index contributed by atoms with van der Waals surface area (Å²) in [6.45, 7) is 3.26. The molecular weight excluding hydrogens is 296 g/mol. The summed E-state index contributed by atoms with van der Waals surface area (Å²) in [5.74, 6) is 0.616. The monoisotopic (exact) mass is 316 g/mol. The van der Waals surface area contributed by atoms with E-state index < -0.39 is 5.41 Å². The number of aryl methyl sites for hydroxylation is 1. The quantitative estimate of drug-likeness (QED) is 0.858. The van der Waals surface area contributed by atoms with Crippen LogP contribution in [0.1, 0.15) is 18.7 Å². The Hall–Kier alpha value is -2.32. The summed E-state index contributed by atoms with van der Waals surface area (Å²) in [6.07, 6.45) is 1.28. The number of nitrogens with two attached hydrogens (primary N) is 1. The number of tetrazole rings is 1. The van der Waals surface area contributed by atoms with Crippen LogP contribution in [0.4, 0.5) is 5.69 Å². The number of aromatic nitrogens is 4. The molecule has 1 saturated heterocycles. The van der Waals surface area contributed by atoms with E-state index in [2.05, 4.69) is 20.8 Å². The number of carbonyl (C=O) groups is 1. The summed E-state index contributed by atoms with van der Waals surface area (Å²) in [5, 5.41) is 14.4. The second-order valence-corrected chi connectivity index (χ2v) is 5.74. The summed E-state index contributed by atoms with van der Waals surface area (Å²) in [6, 6.07) is 7.41. The van der Waals surface area contributed by atoms with E-state index in [4.69, 9.17) is 10.5 Å². The minimum absolute atomic E-state index is 0.0612. The summed E-state index contributed by atoms with van der Waals surface area (Å²) in [7, 11) is 0. The Bertz CT molecular complexity index is 693. The molecule has 122 valence electrons. The van der Waals surface area contributed by atoms with Crippen LogP contribution in [0.3, 0.4) is 0 Å². The largest absolute Gasteiger partial charge is 0.381 e. The van der Waals surface area contributed by atoms with Crippen LogP contribution in [0.15, 0.2) is 24.3 Å². The molecule has 8 heteroatoms. The Morgan fingerprint density at radius 3 is 2.87 bits per heavy atom. The van der Waals surface area contributed by atoms with E-state index in [9.17, 15) is 4.79 Å². The second-order valence-electron chi connectivity index (χ2n) is 5.74. The fourth-order valence-corrected chi connectivity index (χ4v) is 2.74. The van der Waals surface area contributed by atoms with Crippen LogP contribution in [0.2, 0.25) is 0 Å². The summed E-state index contributed by atoms with van der Waals surface area (Å²) >= 11 is 0. The first kappa shape index (κ1) is 15.6. The molecule has 0 atom stereocenters. The predicted octanol–water partition coefficient (Wildman–Crippen LogP) is 0.665. The Morgan fingerprint density at radius 2 is 2.22 bits per heavy atom. The molecule has 1 aliphatic rings. The Labute approximate surface area is 134 Å². The maximum absolute atomic E-state index is 12.7. The lowest BCUT2D eigenvalue weighted by molar-refractivity contribution is -0.130. The Morgan fingerprint density at radius 1 is 1.43 bits per heavy atom. The van der Waals surface area contributed by atoms with E-state index in [0.29, 0.717) is 44.1 Å². The van der Waals surface area contributed by atoms with Gasteiger partial charge in [-0.15, -0.1) is 5.10 Å². The zero-order valence-corrected chi connectivity index (χ0v) is 13.0. The number of amides is 1. The lowest BCUT2D eigenvalue weighted by atomic mass is 9.79. The molecule has 23 heavy (non-hydrogen) atoms. The topological polar surface area (TPSA) is 108 Å². The van der Waals surface area contributed by atoms with E-state index in [1.807, 2.05) is 31.2 Å². The number of hydrogen-bond donors (Lipinski definition) is 2. The molecule has 1 aliphatic heterocycles. The highest BCUT2D eigenvalue weighted by atomic mass is 16.5. The molecular formula is C15H20N6O2. The van der Waals surface area contributed by atoms with Crippen molar-refractivity contribution < 1.29 is 9.53 Å². The first-order valence-electron chi connectivity index (χ1n) is 7.59. The van der Waals surface area contributed by atoms with Gasteiger partial charge in [-0.25, -0.2) is 0 Å². The van der Waals surface area contributed by atoms with Crippen molar-refractivity contribution in [3.63, 3.8) is 0 Å². The van der Waals surface area contributed by atoms with Crippen LogP contribution in [-0.2, 0) is 9.53 Å². The third-order valence-electron chi connectivity index (χ3n) is 4.30. The van der Waals surface area contributed by atoms with Crippen LogP contribution in [-0.4, -0.2) is 45.9 Å². The third kappa shape index (κ3) is 3.08. The van der Waals surface area contributed by atoms with Crippen LogP contribution < -0.4 is 11.1 Å². The fraction of sp³-hybridized carbons (Fsp3) is 0.467. The Balaban J connectivity index is 1.80. The fourth-order valence-electron chi connectivity index (χ4n) is 2.74. The van der Waals surface area contributed by atoms with Gasteiger partial charge in [0, 0.05) is 25.4 Å². The van der Waals surface area contributed by atoms with Gasteiger partial charge in [-0.2, -0.15) is 4.68 Å². The molecule has 2 aromatic rings. The van der Waals surface area contributed by atoms with Crippen molar-refractivity contribution in [3.05, 3.63) is 30.1 Å². The number of ether oxygens (including phenoxy) is 1. The molecule has 3 rings (SSSR count). The summed E-state index contributed by atoms with van der Waals surface area (Å²) in [4.78, 5) is 12.7. The standard InChI is InChI=1S/C15H20N6O2/c1-11-18-19-20-21(11)13-4-2-3-12(9-13)17-14(22)15(10-16)5-7-23-8-6-15/h2-4,9H,5-8,10,16H2,1H3,(H,17,22). The lowest BCUT2D eigenvalue weighted by Gasteiger charge is -2.34. The SMILES string of the molecule is Cc1nnnn1-c1cccc(NC(=O)C2(CN)CCOCC2)c1. The van der Waals surface area contributed by atoms with Gasteiger partial charge >= 0.3 is 0 Å². The number of hydrogen-bond acceptors (Lipinski definition) is 6. The Kier molecular flexibility index (Phi) is 4.35. The summed E-state index contributed by atoms with van der Waals surface area (Å²) in [5.41, 5.74) is 6.80. The van der Waals surface area contributed by atoms with E-state index >= 15 is 0 Å². The molecule has 1 aromatic heterocycles. The minimum Gasteiger partial charge on any atom is -0.381 e. The normalized spacial score (nSPS) is 17.0. The van der Waals surface area contributed by atoms with Gasteiger partial charge in [-0.1, -0.05) is 6.07 Å².